The van der Waals surface area contributed by atoms with E-state index in [9.17, 15) is 9.18 Å². The predicted octanol–water partition coefficient (Wildman–Crippen LogP) is 5.25. The highest BCUT2D eigenvalue weighted by Crippen LogP contribution is 2.45. The van der Waals surface area contributed by atoms with Gasteiger partial charge in [0.1, 0.15) is 0 Å². The third kappa shape index (κ3) is 4.85. The fourth-order valence-electron chi connectivity index (χ4n) is 3.93. The molecule has 3 aromatic rings. The third-order valence-corrected chi connectivity index (χ3v) is 5.49. The number of nitrogens with zero attached hydrogens (tertiary/aromatic N) is 2. The van der Waals surface area contributed by atoms with Gasteiger partial charge in [0.15, 0.2) is 11.6 Å². The lowest BCUT2D eigenvalue weighted by Gasteiger charge is -2.35. The summed E-state index contributed by atoms with van der Waals surface area (Å²) < 4.78 is 30.2. The SMILES string of the molecule is CCOCC1(C)CC(c2nc(-c3ccc(OC(N)=O)c(F)c3)no2)=CC=C1c1ccccc1. The van der Waals surface area contributed by atoms with E-state index in [1.807, 2.05) is 31.2 Å². The van der Waals surface area contributed by atoms with Gasteiger partial charge in [-0.15, -0.1) is 0 Å². The number of aromatic nitrogens is 2. The van der Waals surface area contributed by atoms with Crippen LogP contribution in [0.15, 0.2) is 65.2 Å². The Bertz CT molecular complexity index is 1220. The van der Waals surface area contributed by atoms with Crippen LogP contribution in [0.3, 0.4) is 0 Å². The van der Waals surface area contributed by atoms with E-state index in [4.69, 9.17) is 15.0 Å². The van der Waals surface area contributed by atoms with Crippen LogP contribution < -0.4 is 10.5 Å². The van der Waals surface area contributed by atoms with E-state index in [0.29, 0.717) is 31.1 Å². The van der Waals surface area contributed by atoms with Crippen LogP contribution in [0.2, 0.25) is 0 Å². The van der Waals surface area contributed by atoms with Crippen LogP contribution in [0.5, 0.6) is 5.75 Å². The van der Waals surface area contributed by atoms with Crippen LogP contribution in [-0.2, 0) is 4.74 Å². The molecule has 1 aliphatic carbocycles. The van der Waals surface area contributed by atoms with Crippen LogP contribution in [0.25, 0.3) is 22.5 Å². The number of amides is 1. The van der Waals surface area contributed by atoms with E-state index < -0.39 is 11.9 Å². The Hall–Kier alpha value is -3.78. The molecule has 0 saturated heterocycles. The smallest absolute Gasteiger partial charge is 0.407 e. The molecule has 2 N–H and O–H groups in total. The summed E-state index contributed by atoms with van der Waals surface area (Å²) in [7, 11) is 0. The van der Waals surface area contributed by atoms with Crippen molar-refractivity contribution >= 4 is 17.2 Å². The number of halogens is 1. The predicted molar refractivity (Wildman–Crippen MR) is 122 cm³/mol. The van der Waals surface area contributed by atoms with E-state index in [2.05, 4.69) is 40.0 Å². The molecule has 1 aromatic heterocycles. The Balaban J connectivity index is 1.64. The van der Waals surface area contributed by atoms with Crippen molar-refractivity contribution in [3.8, 4) is 17.1 Å². The molecule has 0 spiro atoms. The number of allylic oxidation sites excluding steroid dienone is 3. The Kier molecular flexibility index (Phi) is 6.37. The maximum absolute atomic E-state index is 14.2. The lowest BCUT2D eigenvalue weighted by molar-refractivity contribution is 0.0914. The summed E-state index contributed by atoms with van der Waals surface area (Å²) in [6, 6.07) is 14.2. The fourth-order valence-corrected chi connectivity index (χ4v) is 3.93. The number of hydrogen-bond acceptors (Lipinski definition) is 6. The van der Waals surface area contributed by atoms with Gasteiger partial charge in [0.05, 0.1) is 6.61 Å². The van der Waals surface area contributed by atoms with Gasteiger partial charge in [0, 0.05) is 23.2 Å². The minimum atomic E-state index is -1.09. The molecule has 0 bridgehead atoms. The topological polar surface area (TPSA) is 100 Å². The van der Waals surface area contributed by atoms with Crippen LogP contribution in [0.4, 0.5) is 9.18 Å². The molecule has 1 heterocycles. The summed E-state index contributed by atoms with van der Waals surface area (Å²) in [6.45, 7) is 5.27. The summed E-state index contributed by atoms with van der Waals surface area (Å²) >= 11 is 0. The molecule has 0 aliphatic heterocycles. The number of carbonyl (C=O) groups is 1. The second-order valence-electron chi connectivity index (χ2n) is 8.00. The molecule has 1 aliphatic rings. The monoisotopic (exact) mass is 449 g/mol. The Morgan fingerprint density at radius 2 is 1.97 bits per heavy atom. The van der Waals surface area contributed by atoms with Crippen LogP contribution in [-0.4, -0.2) is 29.4 Å². The molecule has 0 fully saturated rings. The van der Waals surface area contributed by atoms with Gasteiger partial charge in [-0.1, -0.05) is 54.6 Å². The minimum Gasteiger partial charge on any atom is -0.407 e. The highest BCUT2D eigenvalue weighted by Gasteiger charge is 2.35. The third-order valence-electron chi connectivity index (χ3n) is 5.49. The second kappa shape index (κ2) is 9.38. The summed E-state index contributed by atoms with van der Waals surface area (Å²) in [5.41, 5.74) is 8.20. The van der Waals surface area contributed by atoms with Gasteiger partial charge in [0.2, 0.25) is 5.82 Å². The number of primary amides is 1. The van der Waals surface area contributed by atoms with Crippen molar-refractivity contribution in [1.82, 2.24) is 10.1 Å². The van der Waals surface area contributed by atoms with Gasteiger partial charge in [0.25, 0.3) is 5.89 Å². The first kappa shape index (κ1) is 22.4. The molecule has 1 atom stereocenters. The number of ether oxygens (including phenoxy) is 2. The maximum atomic E-state index is 14.2. The zero-order chi connectivity index (χ0) is 23.4. The highest BCUT2D eigenvalue weighted by atomic mass is 19.1. The molecular weight excluding hydrogens is 425 g/mol. The molecule has 4 rings (SSSR count). The van der Waals surface area contributed by atoms with E-state index in [1.165, 1.54) is 17.7 Å². The summed E-state index contributed by atoms with van der Waals surface area (Å²) in [5.74, 6) is -0.446. The van der Waals surface area contributed by atoms with Gasteiger partial charge < -0.3 is 19.7 Å². The van der Waals surface area contributed by atoms with Crippen LogP contribution >= 0.6 is 0 Å². The number of rotatable bonds is 7. The van der Waals surface area contributed by atoms with E-state index in [0.717, 1.165) is 17.2 Å². The Labute approximate surface area is 190 Å². The molecule has 1 amide bonds. The lowest BCUT2D eigenvalue weighted by atomic mass is 9.71. The lowest BCUT2D eigenvalue weighted by Crippen LogP contribution is -2.27. The van der Waals surface area contributed by atoms with Crippen LogP contribution in [0.1, 0.15) is 31.7 Å². The summed E-state index contributed by atoms with van der Waals surface area (Å²) in [6.07, 6.45) is 3.57. The standard InChI is InChI=1S/C25H24FN3O4/c1-3-31-15-25(2)14-18(9-11-19(25)16-7-5-4-6-8-16)23-28-22(29-33-23)17-10-12-21(20(26)13-17)32-24(27)30/h4-13H,3,14-15H2,1-2H3,(H2,27,30). The van der Waals surface area contributed by atoms with Gasteiger partial charge in [-0.3, -0.25) is 0 Å². The quantitative estimate of drug-likeness (QED) is 0.529. The van der Waals surface area contributed by atoms with Gasteiger partial charge >= 0.3 is 6.09 Å². The maximum Gasteiger partial charge on any atom is 0.410 e. The van der Waals surface area contributed by atoms with Crippen LogP contribution in [0, 0.1) is 11.2 Å². The summed E-state index contributed by atoms with van der Waals surface area (Å²) in [4.78, 5) is 15.3. The van der Waals surface area contributed by atoms with Crippen molar-refractivity contribution < 1.29 is 23.2 Å². The molecule has 170 valence electrons. The molecule has 7 nitrogen and oxygen atoms in total. The Morgan fingerprint density at radius 1 is 1.18 bits per heavy atom. The second-order valence-corrected chi connectivity index (χ2v) is 8.00. The first-order valence-electron chi connectivity index (χ1n) is 10.6. The average Bonchev–Trinajstić information content (AvgIpc) is 3.30. The molecule has 1 unspecified atom stereocenters. The minimum absolute atomic E-state index is 0.222. The number of nitrogens with two attached hydrogens (primary N) is 1. The normalized spacial score (nSPS) is 17.9. The summed E-state index contributed by atoms with van der Waals surface area (Å²) in [5, 5.41) is 4.00. The van der Waals surface area contributed by atoms with Gasteiger partial charge in [-0.2, -0.15) is 4.98 Å². The zero-order valence-electron chi connectivity index (χ0n) is 18.4. The van der Waals surface area contributed by atoms with Crippen molar-refractivity contribution in [1.29, 1.82) is 0 Å². The molecule has 2 aromatic carbocycles. The van der Waals surface area contributed by atoms with Gasteiger partial charge in [-0.25, -0.2) is 9.18 Å². The van der Waals surface area contributed by atoms with Crippen molar-refractivity contribution in [2.75, 3.05) is 13.2 Å². The zero-order valence-corrected chi connectivity index (χ0v) is 18.4. The van der Waals surface area contributed by atoms with E-state index in [-0.39, 0.29) is 17.0 Å². The molecule has 33 heavy (non-hydrogen) atoms. The van der Waals surface area contributed by atoms with E-state index in [1.54, 1.807) is 0 Å². The first-order chi connectivity index (χ1) is 15.9. The molecule has 0 saturated carbocycles. The van der Waals surface area contributed by atoms with Crippen molar-refractivity contribution in [2.45, 2.75) is 20.3 Å². The van der Waals surface area contributed by atoms with Gasteiger partial charge in [-0.05, 0) is 42.7 Å². The largest absolute Gasteiger partial charge is 0.410 e. The number of carbonyl (C=O) groups excluding carboxylic acids is 1. The highest BCUT2D eigenvalue weighted by molar-refractivity contribution is 5.80. The molecule has 0 radical (unpaired) electrons. The van der Waals surface area contributed by atoms with Crippen molar-refractivity contribution in [3.63, 3.8) is 0 Å². The molecular formula is C25H24FN3O4. The fraction of sp³-hybridized carbons (Fsp3) is 0.240. The first-order valence-corrected chi connectivity index (χ1v) is 10.6. The van der Waals surface area contributed by atoms with Crippen molar-refractivity contribution in [3.05, 3.63) is 78.0 Å². The number of benzene rings is 2. The molecule has 8 heteroatoms. The number of hydrogen-bond donors (Lipinski definition) is 1. The average molecular weight is 449 g/mol. The Morgan fingerprint density at radius 3 is 2.67 bits per heavy atom. The van der Waals surface area contributed by atoms with Crippen molar-refractivity contribution in [2.24, 2.45) is 11.1 Å². The van der Waals surface area contributed by atoms with E-state index >= 15 is 0 Å².